The van der Waals surface area contributed by atoms with Gasteiger partial charge in [-0.25, -0.2) is 0 Å². The van der Waals surface area contributed by atoms with Gasteiger partial charge in [0.1, 0.15) is 29.9 Å². The van der Waals surface area contributed by atoms with Gasteiger partial charge in [0.2, 0.25) is 0 Å². The normalized spacial score (nSPS) is 28.0. The number of aliphatic hydroxyl groups is 4. The fraction of sp³-hybridized carbons (Fsp3) is 0.333. The minimum absolute atomic E-state index is 0.358. The largest absolute Gasteiger partial charge is 0.394 e. The Labute approximate surface area is 144 Å². The van der Waals surface area contributed by atoms with Crippen molar-refractivity contribution in [3.8, 4) is 0 Å². The van der Waals surface area contributed by atoms with Crippen LogP contribution < -0.4 is 0 Å². The summed E-state index contributed by atoms with van der Waals surface area (Å²) >= 11 is 1.23. The Hall–Kier alpha value is -1.41. The van der Waals surface area contributed by atoms with Gasteiger partial charge in [-0.2, -0.15) is 0 Å². The van der Waals surface area contributed by atoms with Crippen molar-refractivity contribution in [2.75, 3.05) is 6.61 Å². The zero-order valence-electron chi connectivity index (χ0n) is 12.9. The van der Waals surface area contributed by atoms with Gasteiger partial charge in [-0.15, -0.1) is 0 Å². The average molecular weight is 348 g/mol. The van der Waals surface area contributed by atoms with E-state index in [1.807, 2.05) is 54.6 Å². The van der Waals surface area contributed by atoms with Crippen LogP contribution in [0.3, 0.4) is 0 Å². The van der Waals surface area contributed by atoms with Crippen molar-refractivity contribution >= 4 is 11.8 Å². The molecule has 4 N–H and O–H groups in total. The smallest absolute Gasteiger partial charge is 0.136 e. The van der Waals surface area contributed by atoms with Crippen LogP contribution in [0.25, 0.3) is 0 Å². The summed E-state index contributed by atoms with van der Waals surface area (Å²) in [5.41, 5.74) is 0.763. The first-order chi connectivity index (χ1) is 11.6. The van der Waals surface area contributed by atoms with Crippen LogP contribution in [0, 0.1) is 0 Å². The predicted molar refractivity (Wildman–Crippen MR) is 90.6 cm³/mol. The summed E-state index contributed by atoms with van der Waals surface area (Å²) in [5, 5.41) is 39.8. The minimum Gasteiger partial charge on any atom is -0.394 e. The van der Waals surface area contributed by atoms with Crippen LogP contribution in [0.15, 0.2) is 59.5 Å². The van der Waals surface area contributed by atoms with Gasteiger partial charge in [0.05, 0.1) is 6.61 Å². The molecule has 0 aromatic heterocycles. The molecule has 0 radical (unpaired) electrons. The van der Waals surface area contributed by atoms with Crippen LogP contribution in [0.1, 0.15) is 17.2 Å². The van der Waals surface area contributed by atoms with Gasteiger partial charge in [-0.1, -0.05) is 60.3 Å². The Balaban J connectivity index is 1.83. The molecule has 5 nitrogen and oxygen atoms in total. The lowest BCUT2D eigenvalue weighted by Gasteiger charge is -2.19. The Morgan fingerprint density at radius 2 is 1.62 bits per heavy atom. The standard InChI is InChI=1S/C18H20O5S/c19-10-13-16(21)17(22)18(23-13)24-14-9-5-4-8-12(14)15(20)11-6-2-1-3-7-11/h1-9,13,15-22H,10H2/t13-,15?,16+,17-,18?/m1/s1. The van der Waals surface area contributed by atoms with E-state index in [1.54, 1.807) is 0 Å². The van der Waals surface area contributed by atoms with Crippen molar-refractivity contribution in [2.24, 2.45) is 0 Å². The highest BCUT2D eigenvalue weighted by atomic mass is 32.2. The molecule has 0 saturated carbocycles. The Bertz CT molecular complexity index is 665. The number of rotatable bonds is 5. The summed E-state index contributed by atoms with van der Waals surface area (Å²) in [6.45, 7) is -0.358. The van der Waals surface area contributed by atoms with Crippen molar-refractivity contribution in [2.45, 2.75) is 34.7 Å². The highest BCUT2D eigenvalue weighted by Crippen LogP contribution is 2.38. The summed E-state index contributed by atoms with van der Waals surface area (Å²) in [5.74, 6) is 0. The molecule has 1 aliphatic rings. The molecule has 0 spiro atoms. The maximum absolute atomic E-state index is 10.7. The van der Waals surface area contributed by atoms with Crippen LogP contribution in [-0.4, -0.2) is 50.8 Å². The van der Waals surface area contributed by atoms with E-state index >= 15 is 0 Å². The number of aliphatic hydroxyl groups excluding tert-OH is 4. The van der Waals surface area contributed by atoms with E-state index in [9.17, 15) is 20.4 Å². The molecule has 1 heterocycles. The van der Waals surface area contributed by atoms with Crippen LogP contribution >= 0.6 is 11.8 Å². The summed E-state index contributed by atoms with van der Waals surface area (Å²) in [7, 11) is 0. The lowest BCUT2D eigenvalue weighted by molar-refractivity contribution is -0.00809. The third-order valence-electron chi connectivity index (χ3n) is 4.07. The van der Waals surface area contributed by atoms with E-state index in [4.69, 9.17) is 4.74 Å². The number of thioether (sulfide) groups is 1. The van der Waals surface area contributed by atoms with Crippen LogP contribution in [0.4, 0.5) is 0 Å². The number of hydrogen-bond acceptors (Lipinski definition) is 6. The fourth-order valence-electron chi connectivity index (χ4n) is 2.72. The molecule has 5 atom stereocenters. The first-order valence-electron chi connectivity index (χ1n) is 7.73. The van der Waals surface area contributed by atoms with E-state index in [2.05, 4.69) is 0 Å². The minimum atomic E-state index is -1.13. The zero-order chi connectivity index (χ0) is 17.1. The molecule has 0 bridgehead atoms. The lowest BCUT2D eigenvalue weighted by atomic mass is 10.0. The molecule has 128 valence electrons. The van der Waals surface area contributed by atoms with Crippen LogP contribution in [0.2, 0.25) is 0 Å². The SMILES string of the molecule is OC[C@H]1OC(Sc2ccccc2C(O)c2ccccc2)[C@H](O)[C@H]1O. The Kier molecular flexibility index (Phi) is 5.55. The first-order valence-corrected chi connectivity index (χ1v) is 8.61. The second kappa shape index (κ2) is 7.65. The van der Waals surface area contributed by atoms with E-state index in [-0.39, 0.29) is 6.61 Å². The van der Waals surface area contributed by atoms with Crippen LogP contribution in [-0.2, 0) is 4.74 Å². The van der Waals surface area contributed by atoms with Gasteiger partial charge in [-0.05, 0) is 17.2 Å². The number of ether oxygens (including phenoxy) is 1. The Morgan fingerprint density at radius 1 is 0.958 bits per heavy atom. The average Bonchev–Trinajstić information content (AvgIpc) is 2.90. The van der Waals surface area contributed by atoms with Gasteiger partial charge in [0.15, 0.2) is 0 Å². The molecule has 0 amide bonds. The predicted octanol–water partition coefficient (Wildman–Crippen LogP) is 1.30. The maximum Gasteiger partial charge on any atom is 0.136 e. The number of hydrogen-bond donors (Lipinski definition) is 4. The van der Waals surface area contributed by atoms with E-state index in [0.717, 1.165) is 10.5 Å². The van der Waals surface area contributed by atoms with Crippen LogP contribution in [0.5, 0.6) is 0 Å². The molecule has 24 heavy (non-hydrogen) atoms. The molecular weight excluding hydrogens is 328 g/mol. The third kappa shape index (κ3) is 3.49. The molecule has 2 aromatic rings. The highest BCUT2D eigenvalue weighted by Gasteiger charge is 2.43. The molecule has 6 heteroatoms. The van der Waals surface area contributed by atoms with Crippen molar-refractivity contribution in [1.82, 2.24) is 0 Å². The summed E-state index contributed by atoms with van der Waals surface area (Å²) in [6, 6.07) is 16.6. The quantitative estimate of drug-likeness (QED) is 0.651. The molecule has 1 aliphatic heterocycles. The lowest BCUT2D eigenvalue weighted by Crippen LogP contribution is -2.33. The molecule has 1 fully saturated rings. The van der Waals surface area contributed by atoms with Gasteiger partial charge in [0.25, 0.3) is 0 Å². The Morgan fingerprint density at radius 3 is 2.29 bits per heavy atom. The van der Waals surface area contributed by atoms with Gasteiger partial charge >= 0.3 is 0 Å². The second-order valence-electron chi connectivity index (χ2n) is 5.68. The van der Waals surface area contributed by atoms with Crippen molar-refractivity contribution in [3.63, 3.8) is 0 Å². The first kappa shape index (κ1) is 17.4. The van der Waals surface area contributed by atoms with Gasteiger partial charge in [-0.3, -0.25) is 0 Å². The van der Waals surface area contributed by atoms with E-state index < -0.39 is 29.9 Å². The van der Waals surface area contributed by atoms with Gasteiger partial charge < -0.3 is 25.2 Å². The molecule has 2 unspecified atom stereocenters. The van der Waals surface area contributed by atoms with Crippen molar-refractivity contribution in [1.29, 1.82) is 0 Å². The molecular formula is C18H20O5S. The number of benzene rings is 2. The topological polar surface area (TPSA) is 90.2 Å². The van der Waals surface area contributed by atoms with E-state index in [1.165, 1.54) is 11.8 Å². The van der Waals surface area contributed by atoms with Crippen molar-refractivity contribution in [3.05, 3.63) is 65.7 Å². The summed E-state index contributed by atoms with van der Waals surface area (Å²) in [4.78, 5) is 0.753. The highest BCUT2D eigenvalue weighted by molar-refractivity contribution is 7.99. The van der Waals surface area contributed by atoms with E-state index in [0.29, 0.717) is 5.56 Å². The van der Waals surface area contributed by atoms with Gasteiger partial charge in [0, 0.05) is 4.90 Å². The molecule has 0 aliphatic carbocycles. The second-order valence-corrected chi connectivity index (χ2v) is 6.82. The molecule has 2 aromatic carbocycles. The molecule has 3 rings (SSSR count). The summed E-state index contributed by atoms with van der Waals surface area (Å²) < 4.78 is 5.51. The third-order valence-corrected chi connectivity index (χ3v) is 5.32. The fourth-order valence-corrected chi connectivity index (χ4v) is 3.94. The zero-order valence-corrected chi connectivity index (χ0v) is 13.7. The van der Waals surface area contributed by atoms with Crippen molar-refractivity contribution < 1.29 is 25.2 Å². The maximum atomic E-state index is 10.7. The monoisotopic (exact) mass is 348 g/mol. The summed E-state index contributed by atoms with van der Waals surface area (Å²) in [6.07, 6.45) is -3.83. The molecule has 1 saturated heterocycles.